The zero-order valence-corrected chi connectivity index (χ0v) is 12.9. The van der Waals surface area contributed by atoms with Gasteiger partial charge in [-0.05, 0) is 6.07 Å². The maximum Gasteiger partial charge on any atom is 0.0844 e. The summed E-state index contributed by atoms with van der Waals surface area (Å²) in [5.74, 6) is 0. The van der Waals surface area contributed by atoms with Gasteiger partial charge < -0.3 is 19.6 Å². The van der Waals surface area contributed by atoms with E-state index in [9.17, 15) is 0 Å². The van der Waals surface area contributed by atoms with Crippen LogP contribution in [-0.2, 0) is 0 Å². The maximum absolute atomic E-state index is 3.47. The van der Waals surface area contributed by atoms with Crippen LogP contribution < -0.4 is 19.6 Å². The number of nitrogens with zero attached hydrogens (tertiary/aromatic N) is 4. The predicted molar refractivity (Wildman–Crippen MR) is 82.6 cm³/mol. The van der Waals surface area contributed by atoms with Crippen LogP contribution in [0.25, 0.3) is 0 Å². The highest BCUT2D eigenvalue weighted by Crippen LogP contribution is 2.39. The Labute approximate surface area is 111 Å². The summed E-state index contributed by atoms with van der Waals surface area (Å²) in [6, 6.07) is 5.64. The minimum atomic E-state index is 1.09. The molecular weight excluding hydrogens is 224 g/mol. The second-order valence-corrected chi connectivity index (χ2v) is 5.31. The number of benzene rings is 1. The van der Waals surface area contributed by atoms with E-state index < -0.39 is 0 Å². The third-order valence-corrected chi connectivity index (χ3v) is 2.84. The fourth-order valence-corrected chi connectivity index (χ4v) is 1.88. The molecule has 1 radical (unpaired) electrons. The van der Waals surface area contributed by atoms with E-state index >= 15 is 0 Å². The van der Waals surface area contributed by atoms with Crippen LogP contribution in [0.4, 0.5) is 22.7 Å². The van der Waals surface area contributed by atoms with Crippen molar-refractivity contribution < 1.29 is 0 Å². The van der Waals surface area contributed by atoms with E-state index in [1.165, 1.54) is 11.4 Å². The highest BCUT2D eigenvalue weighted by molar-refractivity contribution is 5.87. The van der Waals surface area contributed by atoms with E-state index in [4.69, 9.17) is 0 Å². The molecule has 0 bridgehead atoms. The smallest absolute Gasteiger partial charge is 0.0844 e. The topological polar surface area (TPSA) is 13.0 Å². The molecule has 0 fully saturated rings. The molecule has 0 heterocycles. The van der Waals surface area contributed by atoms with E-state index in [1.54, 1.807) is 0 Å². The molecule has 0 spiro atoms. The fourth-order valence-electron chi connectivity index (χ4n) is 1.88. The van der Waals surface area contributed by atoms with Crippen LogP contribution in [0.2, 0.25) is 0 Å². The SMILES string of the molecule is CN(C)c1[c]c(N(C)C)c(N(C)C)c(N(C)C)c1. The summed E-state index contributed by atoms with van der Waals surface area (Å²) in [7, 11) is 16.5. The summed E-state index contributed by atoms with van der Waals surface area (Å²) in [6.45, 7) is 0. The third-order valence-electron chi connectivity index (χ3n) is 2.84. The fraction of sp³-hybridized carbons (Fsp3) is 0.571. The Hall–Kier alpha value is -1.58. The van der Waals surface area contributed by atoms with Crippen molar-refractivity contribution in [3.05, 3.63) is 12.1 Å². The Bertz CT molecular complexity index is 379. The summed E-state index contributed by atoms with van der Waals surface area (Å²) in [5, 5.41) is 0. The monoisotopic (exact) mass is 249 g/mol. The van der Waals surface area contributed by atoms with E-state index in [1.807, 2.05) is 14.1 Å². The van der Waals surface area contributed by atoms with Gasteiger partial charge in [0, 0.05) is 68.1 Å². The lowest BCUT2D eigenvalue weighted by Crippen LogP contribution is -2.22. The summed E-state index contributed by atoms with van der Waals surface area (Å²) < 4.78 is 0. The lowest BCUT2D eigenvalue weighted by molar-refractivity contribution is 1.03. The molecule has 0 N–H and O–H groups in total. The minimum absolute atomic E-state index is 1.09. The molecule has 1 aromatic carbocycles. The Kier molecular flexibility index (Phi) is 4.33. The molecule has 0 aliphatic carbocycles. The molecule has 0 aliphatic rings. The molecule has 1 aromatic rings. The largest absolute Gasteiger partial charge is 0.377 e. The van der Waals surface area contributed by atoms with Gasteiger partial charge in [0.05, 0.1) is 17.1 Å². The third kappa shape index (κ3) is 2.81. The van der Waals surface area contributed by atoms with Crippen molar-refractivity contribution in [2.75, 3.05) is 76.0 Å². The van der Waals surface area contributed by atoms with Crippen molar-refractivity contribution in [3.8, 4) is 0 Å². The first-order valence-electron chi connectivity index (χ1n) is 6.05. The number of rotatable bonds is 4. The molecule has 1 rings (SSSR count). The molecule has 4 heteroatoms. The van der Waals surface area contributed by atoms with Gasteiger partial charge in [0.25, 0.3) is 0 Å². The lowest BCUT2D eigenvalue weighted by Gasteiger charge is -2.30. The van der Waals surface area contributed by atoms with Crippen molar-refractivity contribution in [1.82, 2.24) is 0 Å². The van der Waals surface area contributed by atoms with Gasteiger partial charge in [-0.15, -0.1) is 0 Å². The van der Waals surface area contributed by atoms with E-state index in [0.717, 1.165) is 11.4 Å². The number of anilines is 4. The summed E-state index contributed by atoms with van der Waals surface area (Å²) in [5.41, 5.74) is 4.59. The molecule has 0 aliphatic heterocycles. The zero-order valence-electron chi connectivity index (χ0n) is 12.9. The van der Waals surface area contributed by atoms with Crippen molar-refractivity contribution in [1.29, 1.82) is 0 Å². The Balaban J connectivity index is 3.55. The maximum atomic E-state index is 3.47. The van der Waals surface area contributed by atoms with Crippen molar-refractivity contribution in [3.63, 3.8) is 0 Å². The molecule has 18 heavy (non-hydrogen) atoms. The normalized spacial score (nSPS) is 10.2. The van der Waals surface area contributed by atoms with Gasteiger partial charge in [-0.2, -0.15) is 0 Å². The molecule has 0 unspecified atom stereocenters. The average molecular weight is 249 g/mol. The second kappa shape index (κ2) is 5.38. The van der Waals surface area contributed by atoms with E-state index in [2.05, 4.69) is 74.0 Å². The van der Waals surface area contributed by atoms with Gasteiger partial charge in [-0.25, -0.2) is 0 Å². The van der Waals surface area contributed by atoms with Crippen LogP contribution in [0.15, 0.2) is 6.07 Å². The second-order valence-electron chi connectivity index (χ2n) is 5.31. The van der Waals surface area contributed by atoms with Crippen LogP contribution >= 0.6 is 0 Å². The summed E-state index contributed by atoms with van der Waals surface area (Å²) >= 11 is 0. The van der Waals surface area contributed by atoms with Gasteiger partial charge in [0.15, 0.2) is 0 Å². The standard InChI is InChI=1S/C14H25N4/c1-15(2)11-9-12(16(3)4)14(18(7)8)13(10-11)17(5)6/h9H,1-8H3. The predicted octanol–water partition coefficient (Wildman–Crippen LogP) is 1.75. The molecule has 0 amide bonds. The molecule has 0 atom stereocenters. The van der Waals surface area contributed by atoms with Gasteiger partial charge in [0.2, 0.25) is 0 Å². The zero-order chi connectivity index (χ0) is 14.0. The first-order chi connectivity index (χ1) is 8.25. The summed E-state index contributed by atoms with van der Waals surface area (Å²) in [6.07, 6.45) is 0. The first-order valence-corrected chi connectivity index (χ1v) is 6.05. The van der Waals surface area contributed by atoms with Crippen molar-refractivity contribution in [2.45, 2.75) is 0 Å². The van der Waals surface area contributed by atoms with E-state index in [0.29, 0.717) is 0 Å². The highest BCUT2D eigenvalue weighted by Gasteiger charge is 2.16. The first kappa shape index (κ1) is 14.5. The molecule has 0 saturated carbocycles. The Morgan fingerprint density at radius 2 is 1.28 bits per heavy atom. The van der Waals surface area contributed by atoms with Crippen LogP contribution in [0.1, 0.15) is 0 Å². The van der Waals surface area contributed by atoms with Crippen LogP contribution in [0.5, 0.6) is 0 Å². The number of hydrogen-bond acceptors (Lipinski definition) is 4. The molecule has 101 valence electrons. The molecule has 0 aromatic heterocycles. The van der Waals surface area contributed by atoms with Crippen molar-refractivity contribution >= 4 is 22.7 Å². The Morgan fingerprint density at radius 3 is 1.61 bits per heavy atom. The van der Waals surface area contributed by atoms with Gasteiger partial charge in [0.1, 0.15) is 0 Å². The van der Waals surface area contributed by atoms with E-state index in [-0.39, 0.29) is 0 Å². The van der Waals surface area contributed by atoms with Gasteiger partial charge in [-0.1, -0.05) is 0 Å². The van der Waals surface area contributed by atoms with Crippen LogP contribution in [-0.4, -0.2) is 56.4 Å². The minimum Gasteiger partial charge on any atom is -0.377 e. The quantitative estimate of drug-likeness (QED) is 0.806. The molecular formula is C14H25N4. The van der Waals surface area contributed by atoms with Gasteiger partial charge in [-0.3, -0.25) is 0 Å². The molecule has 0 saturated heterocycles. The van der Waals surface area contributed by atoms with Crippen LogP contribution in [0, 0.1) is 6.07 Å². The van der Waals surface area contributed by atoms with Crippen molar-refractivity contribution in [2.24, 2.45) is 0 Å². The lowest BCUT2D eigenvalue weighted by atomic mass is 10.1. The average Bonchev–Trinajstić information content (AvgIpc) is 2.26. The van der Waals surface area contributed by atoms with Gasteiger partial charge >= 0.3 is 0 Å². The highest BCUT2D eigenvalue weighted by atomic mass is 15.2. The molecule has 4 nitrogen and oxygen atoms in total. The Morgan fingerprint density at radius 1 is 0.722 bits per heavy atom. The van der Waals surface area contributed by atoms with Crippen LogP contribution in [0.3, 0.4) is 0 Å². The summed E-state index contributed by atoms with van der Waals surface area (Å²) in [4.78, 5) is 8.47. The number of hydrogen-bond donors (Lipinski definition) is 0.